The third-order valence-corrected chi connectivity index (χ3v) is 1.85. The smallest absolute Gasteiger partial charge is 0.326 e. The minimum Gasteiger partial charge on any atom is -0.481 e. The van der Waals surface area contributed by atoms with E-state index in [0.717, 1.165) is 0 Å². The number of carbonyl (C=O) groups is 4. The van der Waals surface area contributed by atoms with Crippen molar-refractivity contribution in [2.45, 2.75) is 31.7 Å². The first-order valence-electron chi connectivity index (χ1n) is 4.78. The number of carbonyl (C=O) groups excluding carboxylic acids is 1. The number of rotatable bonds is 8. The zero-order valence-corrected chi connectivity index (χ0v) is 8.88. The Labute approximate surface area is 96.2 Å². The molecule has 0 bridgehead atoms. The predicted octanol–water partition coefficient (Wildman–Crippen LogP) is -0.715. The second-order valence-corrected chi connectivity index (χ2v) is 3.28. The molecule has 8 nitrogen and oxygen atoms in total. The molecule has 4 N–H and O–H groups in total. The molecule has 96 valence electrons. The van der Waals surface area contributed by atoms with Crippen molar-refractivity contribution in [3.05, 3.63) is 0 Å². The van der Waals surface area contributed by atoms with Crippen LogP contribution < -0.4 is 5.32 Å². The number of hydrogen-bond donors (Lipinski definition) is 4. The number of amides is 1. The van der Waals surface area contributed by atoms with Crippen LogP contribution in [-0.4, -0.2) is 45.2 Å². The van der Waals surface area contributed by atoms with E-state index in [1.165, 1.54) is 0 Å². The summed E-state index contributed by atoms with van der Waals surface area (Å²) in [7, 11) is 0. The summed E-state index contributed by atoms with van der Waals surface area (Å²) < 4.78 is 0. The zero-order chi connectivity index (χ0) is 13.4. The van der Waals surface area contributed by atoms with E-state index in [9.17, 15) is 19.2 Å². The molecule has 0 aromatic carbocycles. The first-order chi connectivity index (χ1) is 7.82. The number of aliphatic carboxylic acids is 3. The van der Waals surface area contributed by atoms with E-state index < -0.39 is 42.7 Å². The maximum absolute atomic E-state index is 11.1. The van der Waals surface area contributed by atoms with Gasteiger partial charge >= 0.3 is 17.9 Å². The molecule has 0 radical (unpaired) electrons. The Morgan fingerprint density at radius 3 is 1.82 bits per heavy atom. The Morgan fingerprint density at radius 2 is 1.41 bits per heavy atom. The van der Waals surface area contributed by atoms with Crippen LogP contribution in [0.1, 0.15) is 25.7 Å². The second-order valence-electron chi connectivity index (χ2n) is 3.28. The lowest BCUT2D eigenvalue weighted by molar-refractivity contribution is -0.143. The molecule has 0 saturated carbocycles. The molecule has 0 fully saturated rings. The van der Waals surface area contributed by atoms with E-state index in [4.69, 9.17) is 15.3 Å². The lowest BCUT2D eigenvalue weighted by Crippen LogP contribution is -2.41. The molecule has 0 aromatic heterocycles. The van der Waals surface area contributed by atoms with Gasteiger partial charge in [-0.1, -0.05) is 0 Å². The average molecular weight is 247 g/mol. The minimum atomic E-state index is -1.35. The van der Waals surface area contributed by atoms with Crippen LogP contribution in [0.4, 0.5) is 0 Å². The van der Waals surface area contributed by atoms with Gasteiger partial charge in [-0.2, -0.15) is 0 Å². The fraction of sp³-hybridized carbons (Fsp3) is 0.556. The van der Waals surface area contributed by atoms with Gasteiger partial charge in [0.25, 0.3) is 0 Å². The molecule has 1 amide bonds. The topological polar surface area (TPSA) is 141 Å². The van der Waals surface area contributed by atoms with E-state index in [0.29, 0.717) is 0 Å². The minimum absolute atomic E-state index is 0.247. The van der Waals surface area contributed by atoms with Gasteiger partial charge in [0.15, 0.2) is 0 Å². The van der Waals surface area contributed by atoms with Crippen LogP contribution in [0.3, 0.4) is 0 Å². The first kappa shape index (κ1) is 14.9. The molecule has 0 heterocycles. The molecule has 1 unspecified atom stereocenters. The highest BCUT2D eigenvalue weighted by Crippen LogP contribution is 1.99. The number of carboxylic acid groups (broad SMARTS) is 3. The second kappa shape index (κ2) is 7.20. The SMILES string of the molecule is O=C(O)CCC(=O)NC(CCC(=O)O)C(=O)O. The van der Waals surface area contributed by atoms with Crippen LogP contribution >= 0.6 is 0 Å². The maximum Gasteiger partial charge on any atom is 0.326 e. The maximum atomic E-state index is 11.1. The summed E-state index contributed by atoms with van der Waals surface area (Å²) in [4.78, 5) is 42.2. The van der Waals surface area contributed by atoms with Crippen molar-refractivity contribution in [1.29, 1.82) is 0 Å². The molecular formula is C9H13NO7. The molecule has 0 aliphatic carbocycles. The van der Waals surface area contributed by atoms with Gasteiger partial charge in [-0.05, 0) is 6.42 Å². The molecule has 0 aliphatic rings. The number of nitrogens with one attached hydrogen (secondary N) is 1. The van der Waals surface area contributed by atoms with Gasteiger partial charge in [-0.25, -0.2) is 4.79 Å². The predicted molar refractivity (Wildman–Crippen MR) is 53.3 cm³/mol. The van der Waals surface area contributed by atoms with Gasteiger partial charge in [-0.15, -0.1) is 0 Å². The van der Waals surface area contributed by atoms with Crippen LogP contribution in [-0.2, 0) is 19.2 Å². The molecule has 8 heteroatoms. The van der Waals surface area contributed by atoms with Crippen molar-refractivity contribution in [2.75, 3.05) is 0 Å². The first-order valence-corrected chi connectivity index (χ1v) is 4.78. The van der Waals surface area contributed by atoms with Gasteiger partial charge in [0, 0.05) is 12.8 Å². The van der Waals surface area contributed by atoms with Crippen LogP contribution in [0.15, 0.2) is 0 Å². The largest absolute Gasteiger partial charge is 0.481 e. The van der Waals surface area contributed by atoms with Gasteiger partial charge in [0.2, 0.25) is 5.91 Å². The fourth-order valence-electron chi connectivity index (χ4n) is 1.01. The highest BCUT2D eigenvalue weighted by Gasteiger charge is 2.20. The summed E-state index contributed by atoms with van der Waals surface area (Å²) in [6, 6.07) is -1.31. The van der Waals surface area contributed by atoms with Crippen molar-refractivity contribution in [1.82, 2.24) is 5.32 Å². The van der Waals surface area contributed by atoms with E-state index >= 15 is 0 Å². The summed E-state index contributed by atoms with van der Waals surface area (Å²) in [5, 5.41) is 27.4. The highest BCUT2D eigenvalue weighted by molar-refractivity contribution is 5.85. The highest BCUT2D eigenvalue weighted by atomic mass is 16.4. The van der Waals surface area contributed by atoms with Crippen LogP contribution in [0.25, 0.3) is 0 Å². The van der Waals surface area contributed by atoms with Gasteiger partial charge < -0.3 is 20.6 Å². The Morgan fingerprint density at radius 1 is 0.882 bits per heavy atom. The molecule has 0 aromatic rings. The van der Waals surface area contributed by atoms with Gasteiger partial charge in [0.05, 0.1) is 6.42 Å². The Bertz CT molecular complexity index is 325. The van der Waals surface area contributed by atoms with Crippen molar-refractivity contribution in [3.63, 3.8) is 0 Å². The molecule has 0 rings (SSSR count). The van der Waals surface area contributed by atoms with Gasteiger partial charge in [-0.3, -0.25) is 14.4 Å². The lowest BCUT2D eigenvalue weighted by Gasteiger charge is -2.12. The normalized spacial score (nSPS) is 11.5. The van der Waals surface area contributed by atoms with Crippen LogP contribution in [0, 0.1) is 0 Å². The third kappa shape index (κ3) is 7.77. The third-order valence-electron chi connectivity index (χ3n) is 1.85. The van der Waals surface area contributed by atoms with Crippen molar-refractivity contribution in [2.24, 2.45) is 0 Å². The van der Waals surface area contributed by atoms with E-state index in [1.807, 2.05) is 0 Å². The monoisotopic (exact) mass is 247 g/mol. The Hall–Kier alpha value is -2.12. The molecular weight excluding hydrogens is 234 g/mol. The summed E-state index contributed by atoms with van der Waals surface area (Å²) in [5.74, 6) is -4.42. The number of carboxylic acids is 3. The summed E-state index contributed by atoms with van der Waals surface area (Å²) in [5.41, 5.74) is 0. The summed E-state index contributed by atoms with van der Waals surface area (Å²) >= 11 is 0. The van der Waals surface area contributed by atoms with Crippen LogP contribution in [0.2, 0.25) is 0 Å². The molecule has 0 spiro atoms. The quantitative estimate of drug-likeness (QED) is 0.443. The van der Waals surface area contributed by atoms with Crippen molar-refractivity contribution >= 4 is 23.8 Å². The lowest BCUT2D eigenvalue weighted by atomic mass is 10.1. The van der Waals surface area contributed by atoms with Crippen molar-refractivity contribution < 1.29 is 34.5 Å². The van der Waals surface area contributed by atoms with E-state index in [-0.39, 0.29) is 12.8 Å². The standard InChI is InChI=1S/C9H13NO7/c11-6(2-4-8(14)15)10-5(9(16)17)1-3-7(12)13/h5H,1-4H2,(H,10,11)(H,12,13)(H,14,15)(H,16,17). The average Bonchev–Trinajstić information content (AvgIpc) is 2.20. The Balaban J connectivity index is 4.15. The molecule has 1 atom stereocenters. The Kier molecular flexibility index (Phi) is 6.30. The summed E-state index contributed by atoms with van der Waals surface area (Å²) in [6.07, 6.45) is -1.39. The van der Waals surface area contributed by atoms with Gasteiger partial charge in [0.1, 0.15) is 6.04 Å². The molecule has 17 heavy (non-hydrogen) atoms. The van der Waals surface area contributed by atoms with E-state index in [2.05, 4.69) is 5.32 Å². The van der Waals surface area contributed by atoms with Crippen molar-refractivity contribution in [3.8, 4) is 0 Å². The van der Waals surface area contributed by atoms with Crippen LogP contribution in [0.5, 0.6) is 0 Å². The van der Waals surface area contributed by atoms with E-state index in [1.54, 1.807) is 0 Å². The summed E-state index contributed by atoms with van der Waals surface area (Å²) in [6.45, 7) is 0. The molecule has 0 saturated heterocycles. The zero-order valence-electron chi connectivity index (χ0n) is 8.88. The fourth-order valence-corrected chi connectivity index (χ4v) is 1.01. The molecule has 0 aliphatic heterocycles. The number of hydrogen-bond acceptors (Lipinski definition) is 4.